The molecule has 0 aromatic rings. The van der Waals surface area contributed by atoms with E-state index >= 15 is 0 Å². The molecule has 0 spiro atoms. The molecule has 0 saturated heterocycles. The summed E-state index contributed by atoms with van der Waals surface area (Å²) in [6, 6.07) is 1.23. The van der Waals surface area contributed by atoms with Gasteiger partial charge in [0.05, 0.1) is 8.07 Å². The van der Waals surface area contributed by atoms with Crippen LogP contribution in [0.1, 0.15) is 12.8 Å². The van der Waals surface area contributed by atoms with Gasteiger partial charge in [-0.25, -0.2) is 0 Å². The molecule has 2 aliphatic rings. The second-order valence-corrected chi connectivity index (χ2v) is 16.7. The van der Waals surface area contributed by atoms with Crippen LogP contribution >= 0.6 is 0 Å². The minimum atomic E-state index is -1.39. The predicted octanol–water partition coefficient (Wildman–Crippen LogP) is 5.23. The summed E-state index contributed by atoms with van der Waals surface area (Å²) >= 11 is 0. The summed E-state index contributed by atoms with van der Waals surface area (Å²) in [6.07, 6.45) is 13.9. The lowest BCUT2D eigenvalue weighted by molar-refractivity contribution is 0.332. The van der Waals surface area contributed by atoms with E-state index in [0.29, 0.717) is 0 Å². The molecular formula is C17H28OSi2. The number of rotatable bonds is 6. The zero-order valence-electron chi connectivity index (χ0n) is 13.6. The normalized spacial score (nSPS) is 19.1. The Morgan fingerprint density at radius 1 is 1.05 bits per heavy atom. The van der Waals surface area contributed by atoms with E-state index in [1.807, 2.05) is 0 Å². The van der Waals surface area contributed by atoms with Crippen LogP contribution in [0.5, 0.6) is 0 Å². The fourth-order valence-corrected chi connectivity index (χ4v) is 6.27. The van der Waals surface area contributed by atoms with Crippen molar-refractivity contribution >= 4 is 16.4 Å². The van der Waals surface area contributed by atoms with Crippen LogP contribution in [0.3, 0.4) is 0 Å². The van der Waals surface area contributed by atoms with Crippen molar-refractivity contribution < 1.29 is 4.43 Å². The van der Waals surface area contributed by atoms with E-state index in [4.69, 9.17) is 4.43 Å². The molecule has 0 N–H and O–H groups in total. The molecule has 0 aromatic heterocycles. The molecule has 0 atom stereocenters. The highest BCUT2D eigenvalue weighted by molar-refractivity contribution is 6.85. The maximum Gasteiger partial charge on any atom is 0.183 e. The van der Waals surface area contributed by atoms with E-state index in [9.17, 15) is 0 Å². The van der Waals surface area contributed by atoms with E-state index in [1.165, 1.54) is 11.6 Å². The standard InChI is InChI=1S/C17H28OSi2/c1-19(2,3)18-13-14-20(4,5)17-12-8-11-16(17)15-9-6-7-10-15/h6,8-10,12H,7,11,13-14H2,1-5H3. The number of hydrogen-bond donors (Lipinski definition) is 0. The average Bonchev–Trinajstić information content (AvgIpc) is 2.98. The summed E-state index contributed by atoms with van der Waals surface area (Å²) in [7, 11) is -2.76. The monoisotopic (exact) mass is 304 g/mol. The SMILES string of the molecule is C[Si](C)(C)OCC[Si](C)(C)C1=C(C2=CCC=C2)CC=C1. The van der Waals surface area contributed by atoms with Crippen LogP contribution in [0.2, 0.25) is 38.8 Å². The van der Waals surface area contributed by atoms with E-state index < -0.39 is 16.4 Å². The minimum absolute atomic E-state index is 0.939. The maximum atomic E-state index is 6.08. The Kier molecular flexibility index (Phi) is 4.72. The summed E-state index contributed by atoms with van der Waals surface area (Å²) in [5.41, 5.74) is 3.06. The Bertz CT molecular complexity index is 488. The minimum Gasteiger partial charge on any atom is -0.418 e. The number of allylic oxidation sites excluding steroid dienone is 8. The Labute approximate surface area is 126 Å². The largest absolute Gasteiger partial charge is 0.418 e. The molecule has 110 valence electrons. The first-order valence-corrected chi connectivity index (χ1v) is 14.3. The summed E-state index contributed by atoms with van der Waals surface area (Å²) in [4.78, 5) is 0. The Balaban J connectivity index is 2.09. The molecule has 0 amide bonds. The highest BCUT2D eigenvalue weighted by Gasteiger charge is 2.30. The van der Waals surface area contributed by atoms with Crippen molar-refractivity contribution in [1.82, 2.24) is 0 Å². The van der Waals surface area contributed by atoms with Crippen molar-refractivity contribution in [3.05, 3.63) is 46.7 Å². The van der Waals surface area contributed by atoms with Crippen LogP contribution in [0, 0.1) is 0 Å². The molecule has 0 saturated carbocycles. The average molecular weight is 305 g/mol. The number of hydrogen-bond acceptors (Lipinski definition) is 1. The van der Waals surface area contributed by atoms with Gasteiger partial charge in [-0.05, 0) is 49.7 Å². The highest BCUT2D eigenvalue weighted by atomic mass is 28.4. The van der Waals surface area contributed by atoms with Gasteiger partial charge >= 0.3 is 0 Å². The molecule has 0 radical (unpaired) electrons. The lowest BCUT2D eigenvalue weighted by Crippen LogP contribution is -2.33. The van der Waals surface area contributed by atoms with Crippen LogP contribution in [0.25, 0.3) is 0 Å². The quantitative estimate of drug-likeness (QED) is 0.611. The molecule has 0 unspecified atom stereocenters. The summed E-state index contributed by atoms with van der Waals surface area (Å²) < 4.78 is 6.08. The molecule has 3 heteroatoms. The van der Waals surface area contributed by atoms with E-state index in [0.717, 1.165) is 19.4 Å². The van der Waals surface area contributed by atoms with Gasteiger partial charge in [0.25, 0.3) is 0 Å². The van der Waals surface area contributed by atoms with Crippen molar-refractivity contribution in [2.75, 3.05) is 6.61 Å². The van der Waals surface area contributed by atoms with E-state index in [2.05, 4.69) is 63.1 Å². The third kappa shape index (κ3) is 3.93. The van der Waals surface area contributed by atoms with Crippen LogP contribution in [0.15, 0.2) is 46.7 Å². The molecule has 2 aliphatic carbocycles. The molecule has 0 bridgehead atoms. The van der Waals surface area contributed by atoms with E-state index in [1.54, 1.807) is 10.8 Å². The first-order valence-electron chi connectivity index (χ1n) is 7.71. The Morgan fingerprint density at radius 3 is 2.40 bits per heavy atom. The van der Waals surface area contributed by atoms with Crippen molar-refractivity contribution in [2.45, 2.75) is 51.6 Å². The topological polar surface area (TPSA) is 9.23 Å². The summed E-state index contributed by atoms with van der Waals surface area (Å²) in [6.45, 7) is 12.7. The van der Waals surface area contributed by atoms with Gasteiger partial charge < -0.3 is 4.43 Å². The molecule has 0 heterocycles. The van der Waals surface area contributed by atoms with Crippen LogP contribution < -0.4 is 0 Å². The van der Waals surface area contributed by atoms with Crippen molar-refractivity contribution in [1.29, 1.82) is 0 Å². The zero-order valence-corrected chi connectivity index (χ0v) is 15.6. The first kappa shape index (κ1) is 15.7. The second kappa shape index (κ2) is 6.00. The van der Waals surface area contributed by atoms with Gasteiger partial charge in [0.15, 0.2) is 8.32 Å². The first-order chi connectivity index (χ1) is 9.30. The summed E-state index contributed by atoms with van der Waals surface area (Å²) in [5.74, 6) is 0. The van der Waals surface area contributed by atoms with Crippen molar-refractivity contribution in [3.8, 4) is 0 Å². The molecule has 0 aromatic carbocycles. The van der Waals surface area contributed by atoms with Gasteiger partial charge in [-0.15, -0.1) is 0 Å². The van der Waals surface area contributed by atoms with E-state index in [-0.39, 0.29) is 0 Å². The molecule has 0 fully saturated rings. The third-order valence-corrected chi connectivity index (χ3v) is 8.49. The highest BCUT2D eigenvalue weighted by Crippen LogP contribution is 2.36. The van der Waals surface area contributed by atoms with Crippen molar-refractivity contribution in [3.63, 3.8) is 0 Å². The fraction of sp³-hybridized carbons (Fsp3) is 0.529. The van der Waals surface area contributed by atoms with Crippen LogP contribution in [-0.4, -0.2) is 23.0 Å². The Morgan fingerprint density at radius 2 is 1.80 bits per heavy atom. The van der Waals surface area contributed by atoms with Gasteiger partial charge in [-0.1, -0.05) is 48.7 Å². The lowest BCUT2D eigenvalue weighted by Gasteiger charge is -2.27. The third-order valence-electron chi connectivity index (χ3n) is 4.04. The molecule has 20 heavy (non-hydrogen) atoms. The lowest BCUT2D eigenvalue weighted by atomic mass is 10.1. The van der Waals surface area contributed by atoms with Crippen LogP contribution in [0.4, 0.5) is 0 Å². The maximum absolute atomic E-state index is 6.08. The molecule has 2 rings (SSSR count). The molecule has 0 aliphatic heterocycles. The smallest absolute Gasteiger partial charge is 0.183 e. The van der Waals surface area contributed by atoms with Gasteiger partial charge in [0.2, 0.25) is 0 Å². The predicted molar refractivity (Wildman–Crippen MR) is 94.2 cm³/mol. The molecule has 1 nitrogen and oxygen atoms in total. The Hall–Kier alpha value is -0.646. The van der Waals surface area contributed by atoms with Gasteiger partial charge in [0, 0.05) is 6.61 Å². The fourth-order valence-electron chi connectivity index (χ4n) is 2.84. The van der Waals surface area contributed by atoms with Gasteiger partial charge in [0.1, 0.15) is 0 Å². The zero-order chi connectivity index (χ0) is 14.8. The van der Waals surface area contributed by atoms with Crippen LogP contribution in [-0.2, 0) is 4.43 Å². The molecular weight excluding hydrogens is 276 g/mol. The van der Waals surface area contributed by atoms with Gasteiger partial charge in [-0.3, -0.25) is 0 Å². The summed E-state index contributed by atoms with van der Waals surface area (Å²) in [5, 5.41) is 1.65. The second-order valence-electron chi connectivity index (χ2n) is 7.39. The van der Waals surface area contributed by atoms with Gasteiger partial charge in [-0.2, -0.15) is 0 Å². The van der Waals surface area contributed by atoms with Crippen molar-refractivity contribution in [2.24, 2.45) is 0 Å².